The van der Waals surface area contributed by atoms with Crippen molar-refractivity contribution in [2.24, 2.45) is 5.73 Å². The summed E-state index contributed by atoms with van der Waals surface area (Å²) >= 11 is 0. The van der Waals surface area contributed by atoms with Gasteiger partial charge in [-0.1, -0.05) is 64.0 Å². The number of unbranched alkanes of at least 4 members (excludes halogenated alkanes) is 7. The third-order valence-corrected chi connectivity index (χ3v) is 3.54. The van der Waals surface area contributed by atoms with Crippen LogP contribution < -0.4 is 11.1 Å². The second kappa shape index (κ2) is 12.5. The van der Waals surface area contributed by atoms with E-state index >= 15 is 0 Å². The molecule has 0 heterocycles. The maximum atomic E-state index is 10.7. The third-order valence-electron chi connectivity index (χ3n) is 3.54. The average Bonchev–Trinajstić information content (AvgIpc) is 2.43. The first-order valence-corrected chi connectivity index (χ1v) is 7.87. The predicted octanol–water partition coefficient (Wildman–Crippen LogP) is 5.28. The molecule has 0 saturated carbocycles. The van der Waals surface area contributed by atoms with Gasteiger partial charge >= 0.3 is 6.03 Å². The fourth-order valence-electron chi connectivity index (χ4n) is 2.36. The van der Waals surface area contributed by atoms with Crippen LogP contribution >= 0.6 is 12.4 Å². The van der Waals surface area contributed by atoms with Gasteiger partial charge < -0.3 is 11.1 Å². The molecule has 120 valence electrons. The van der Waals surface area contributed by atoms with Crippen LogP contribution in [0.5, 0.6) is 0 Å². The summed E-state index contributed by atoms with van der Waals surface area (Å²) in [4.78, 5) is 10.7. The van der Waals surface area contributed by atoms with Crippen LogP contribution in [0.1, 0.15) is 63.9 Å². The zero-order chi connectivity index (χ0) is 14.6. The van der Waals surface area contributed by atoms with Crippen molar-refractivity contribution in [1.82, 2.24) is 0 Å². The summed E-state index contributed by atoms with van der Waals surface area (Å²) < 4.78 is 0. The molecule has 3 nitrogen and oxygen atoms in total. The number of aryl methyl sites for hydroxylation is 1. The summed E-state index contributed by atoms with van der Waals surface area (Å²) in [6.07, 6.45) is 11.9. The summed E-state index contributed by atoms with van der Waals surface area (Å²) in [5.41, 5.74) is 7.16. The van der Waals surface area contributed by atoms with Crippen molar-refractivity contribution < 1.29 is 4.79 Å². The number of nitrogens with one attached hydrogen (secondary N) is 1. The van der Waals surface area contributed by atoms with E-state index in [0.29, 0.717) is 0 Å². The van der Waals surface area contributed by atoms with Gasteiger partial charge in [0, 0.05) is 5.69 Å². The Labute approximate surface area is 135 Å². The van der Waals surface area contributed by atoms with Crippen molar-refractivity contribution in [2.45, 2.75) is 64.7 Å². The molecule has 0 atom stereocenters. The molecular formula is C17H29ClN2O. The summed E-state index contributed by atoms with van der Waals surface area (Å²) in [6.45, 7) is 2.25. The molecular weight excluding hydrogens is 284 g/mol. The van der Waals surface area contributed by atoms with E-state index in [1.54, 1.807) is 0 Å². The standard InChI is InChI=1S/C17H28N2O.ClH/c1-2-3-4-5-6-7-8-9-10-15-11-13-16(14-12-15)19-17(18)20;/h11-14H,2-10H2,1H3,(H3,18,19,20);1H. The third kappa shape index (κ3) is 10.2. The Balaban J connectivity index is 0.00000400. The normalized spacial score (nSPS) is 9.95. The first-order valence-electron chi connectivity index (χ1n) is 7.87. The number of carbonyl (C=O) groups excluding carboxylic acids is 1. The molecule has 1 aromatic rings. The zero-order valence-electron chi connectivity index (χ0n) is 13.1. The summed E-state index contributed by atoms with van der Waals surface area (Å²) in [5.74, 6) is 0. The van der Waals surface area contributed by atoms with Crippen molar-refractivity contribution in [3.05, 3.63) is 29.8 Å². The monoisotopic (exact) mass is 312 g/mol. The number of carbonyl (C=O) groups is 1. The van der Waals surface area contributed by atoms with Gasteiger partial charge in [-0.2, -0.15) is 0 Å². The maximum absolute atomic E-state index is 10.7. The van der Waals surface area contributed by atoms with E-state index in [-0.39, 0.29) is 12.4 Å². The largest absolute Gasteiger partial charge is 0.351 e. The fraction of sp³-hybridized carbons (Fsp3) is 0.588. The highest BCUT2D eigenvalue weighted by atomic mass is 35.5. The number of halogens is 1. The molecule has 0 saturated heterocycles. The minimum Gasteiger partial charge on any atom is -0.351 e. The molecule has 21 heavy (non-hydrogen) atoms. The van der Waals surface area contributed by atoms with Gasteiger partial charge in [-0.15, -0.1) is 12.4 Å². The number of rotatable bonds is 10. The second-order valence-electron chi connectivity index (χ2n) is 5.41. The lowest BCUT2D eigenvalue weighted by Crippen LogP contribution is -2.19. The second-order valence-corrected chi connectivity index (χ2v) is 5.41. The quantitative estimate of drug-likeness (QED) is 0.567. The van der Waals surface area contributed by atoms with Crippen molar-refractivity contribution in [2.75, 3.05) is 5.32 Å². The molecule has 0 fully saturated rings. The highest BCUT2D eigenvalue weighted by molar-refractivity contribution is 5.87. The van der Waals surface area contributed by atoms with E-state index in [4.69, 9.17) is 5.73 Å². The number of primary amides is 1. The molecule has 0 aliphatic carbocycles. The van der Waals surface area contributed by atoms with E-state index in [0.717, 1.165) is 12.1 Å². The van der Waals surface area contributed by atoms with Gasteiger partial charge in [-0.3, -0.25) is 0 Å². The molecule has 2 amide bonds. The Hall–Kier alpha value is -1.22. The number of hydrogen-bond acceptors (Lipinski definition) is 1. The Morgan fingerprint density at radius 1 is 0.952 bits per heavy atom. The number of anilines is 1. The number of amides is 2. The minimum atomic E-state index is -0.513. The Morgan fingerprint density at radius 3 is 2.00 bits per heavy atom. The minimum absolute atomic E-state index is 0. The SMILES string of the molecule is CCCCCCCCCCc1ccc(NC(N)=O)cc1.Cl. The van der Waals surface area contributed by atoms with Gasteiger partial charge in [-0.05, 0) is 30.5 Å². The van der Waals surface area contributed by atoms with Crippen LogP contribution in [-0.4, -0.2) is 6.03 Å². The molecule has 3 N–H and O–H groups in total. The highest BCUT2D eigenvalue weighted by Gasteiger charge is 1.97. The summed E-state index contributed by atoms with van der Waals surface area (Å²) in [7, 11) is 0. The van der Waals surface area contributed by atoms with Gasteiger partial charge in [0.1, 0.15) is 0 Å². The maximum Gasteiger partial charge on any atom is 0.316 e. The topological polar surface area (TPSA) is 55.1 Å². The Morgan fingerprint density at radius 2 is 1.48 bits per heavy atom. The lowest BCUT2D eigenvalue weighted by Gasteiger charge is -2.05. The van der Waals surface area contributed by atoms with Gasteiger partial charge in [0.2, 0.25) is 0 Å². The fourth-order valence-corrected chi connectivity index (χ4v) is 2.36. The molecule has 0 aliphatic rings. The average molecular weight is 313 g/mol. The van der Waals surface area contributed by atoms with Crippen LogP contribution in [0.15, 0.2) is 24.3 Å². The number of benzene rings is 1. The van der Waals surface area contributed by atoms with Crippen molar-refractivity contribution in [1.29, 1.82) is 0 Å². The molecule has 4 heteroatoms. The van der Waals surface area contributed by atoms with Gasteiger partial charge in [-0.25, -0.2) is 4.79 Å². The highest BCUT2D eigenvalue weighted by Crippen LogP contribution is 2.13. The smallest absolute Gasteiger partial charge is 0.316 e. The lowest BCUT2D eigenvalue weighted by molar-refractivity contribution is 0.259. The van der Waals surface area contributed by atoms with Crippen molar-refractivity contribution >= 4 is 24.1 Å². The molecule has 1 rings (SSSR count). The first kappa shape index (κ1) is 19.8. The van der Waals surface area contributed by atoms with Crippen LogP contribution in [0, 0.1) is 0 Å². The molecule has 0 spiro atoms. The van der Waals surface area contributed by atoms with E-state index in [1.807, 2.05) is 12.1 Å². The number of urea groups is 1. The van der Waals surface area contributed by atoms with Gasteiger partial charge in [0.05, 0.1) is 0 Å². The molecule has 1 aromatic carbocycles. The van der Waals surface area contributed by atoms with Crippen LogP contribution in [-0.2, 0) is 6.42 Å². The van der Waals surface area contributed by atoms with E-state index < -0.39 is 6.03 Å². The molecule has 0 bridgehead atoms. The van der Waals surface area contributed by atoms with Crippen LogP contribution in [0.4, 0.5) is 10.5 Å². The van der Waals surface area contributed by atoms with E-state index in [1.165, 1.54) is 56.9 Å². The number of nitrogens with two attached hydrogens (primary N) is 1. The van der Waals surface area contributed by atoms with Crippen LogP contribution in [0.3, 0.4) is 0 Å². The predicted molar refractivity (Wildman–Crippen MR) is 93.2 cm³/mol. The van der Waals surface area contributed by atoms with Crippen molar-refractivity contribution in [3.8, 4) is 0 Å². The molecule has 0 radical (unpaired) electrons. The molecule has 0 aliphatic heterocycles. The Kier molecular flexibility index (Phi) is 11.8. The van der Waals surface area contributed by atoms with E-state index in [9.17, 15) is 4.79 Å². The van der Waals surface area contributed by atoms with Gasteiger partial charge in [0.25, 0.3) is 0 Å². The first-order chi connectivity index (χ1) is 9.72. The lowest BCUT2D eigenvalue weighted by atomic mass is 10.0. The summed E-state index contributed by atoms with van der Waals surface area (Å²) in [5, 5.41) is 2.57. The number of hydrogen-bond donors (Lipinski definition) is 2. The zero-order valence-corrected chi connectivity index (χ0v) is 13.9. The molecule has 0 unspecified atom stereocenters. The van der Waals surface area contributed by atoms with E-state index in [2.05, 4.69) is 24.4 Å². The summed E-state index contributed by atoms with van der Waals surface area (Å²) in [6, 6.07) is 7.43. The van der Waals surface area contributed by atoms with Gasteiger partial charge in [0.15, 0.2) is 0 Å². The van der Waals surface area contributed by atoms with Crippen LogP contribution in [0.25, 0.3) is 0 Å². The molecule has 0 aromatic heterocycles. The van der Waals surface area contributed by atoms with Crippen molar-refractivity contribution in [3.63, 3.8) is 0 Å². The Bertz CT molecular complexity index is 379. The van der Waals surface area contributed by atoms with Crippen LogP contribution in [0.2, 0.25) is 0 Å².